The molecule has 0 unspecified atom stereocenters. The van der Waals surface area contributed by atoms with E-state index in [1.807, 2.05) is 19.9 Å². The molecule has 74 valence electrons. The van der Waals surface area contributed by atoms with Crippen LogP contribution in [0, 0.1) is 0 Å². The van der Waals surface area contributed by atoms with Crippen molar-refractivity contribution in [2.24, 2.45) is 0 Å². The third kappa shape index (κ3) is 1.22. The van der Waals surface area contributed by atoms with Crippen molar-refractivity contribution in [1.82, 2.24) is 0 Å². The minimum absolute atomic E-state index is 0.242. The van der Waals surface area contributed by atoms with Gasteiger partial charge in [-0.1, -0.05) is 6.07 Å². The number of aryl methyl sites for hydroxylation is 1. The van der Waals surface area contributed by atoms with Crippen LogP contribution in [-0.4, -0.2) is 10.9 Å². The first kappa shape index (κ1) is 9.25. The standard InChI is InChI=1S/C12H14O2/c1-12(2)10-7-9(13)5-3-8(10)4-6-11(12)14/h3,5,7,13H,4,6H2,1-2H3. The average Bonchev–Trinajstić information content (AvgIpc) is 2.13. The zero-order chi connectivity index (χ0) is 10.3. The van der Waals surface area contributed by atoms with Gasteiger partial charge >= 0.3 is 0 Å². The molecule has 2 nitrogen and oxygen atoms in total. The van der Waals surface area contributed by atoms with E-state index in [-0.39, 0.29) is 11.5 Å². The number of ketones is 1. The minimum atomic E-state index is -0.438. The molecule has 0 fully saturated rings. The van der Waals surface area contributed by atoms with Gasteiger partial charge in [-0.3, -0.25) is 4.79 Å². The molecule has 0 aliphatic heterocycles. The van der Waals surface area contributed by atoms with Crippen LogP contribution in [0.1, 0.15) is 31.4 Å². The Hall–Kier alpha value is -1.31. The largest absolute Gasteiger partial charge is 0.508 e. The van der Waals surface area contributed by atoms with E-state index in [1.165, 1.54) is 5.56 Å². The zero-order valence-electron chi connectivity index (χ0n) is 8.50. The Kier molecular flexibility index (Phi) is 1.88. The van der Waals surface area contributed by atoms with Gasteiger partial charge in [0.2, 0.25) is 0 Å². The van der Waals surface area contributed by atoms with Gasteiger partial charge in [0.1, 0.15) is 11.5 Å². The molecular weight excluding hydrogens is 176 g/mol. The topological polar surface area (TPSA) is 37.3 Å². The monoisotopic (exact) mass is 190 g/mol. The van der Waals surface area contributed by atoms with Crippen molar-refractivity contribution in [3.8, 4) is 5.75 Å². The fraction of sp³-hybridized carbons (Fsp3) is 0.417. The molecule has 0 saturated carbocycles. The average molecular weight is 190 g/mol. The summed E-state index contributed by atoms with van der Waals surface area (Å²) in [7, 11) is 0. The summed E-state index contributed by atoms with van der Waals surface area (Å²) in [5.41, 5.74) is 1.73. The van der Waals surface area contributed by atoms with Gasteiger partial charge in [0, 0.05) is 11.8 Å². The maximum absolute atomic E-state index is 11.7. The van der Waals surface area contributed by atoms with Crippen LogP contribution < -0.4 is 0 Å². The first-order chi connectivity index (χ1) is 6.51. The molecule has 1 aliphatic rings. The summed E-state index contributed by atoms with van der Waals surface area (Å²) in [6.07, 6.45) is 1.42. The van der Waals surface area contributed by atoms with Gasteiger partial charge < -0.3 is 5.11 Å². The molecule has 2 heteroatoms. The molecule has 14 heavy (non-hydrogen) atoms. The predicted molar refractivity (Wildman–Crippen MR) is 54.5 cm³/mol. The van der Waals surface area contributed by atoms with E-state index in [1.54, 1.807) is 12.1 Å². The summed E-state index contributed by atoms with van der Waals surface area (Å²) in [6.45, 7) is 3.85. The van der Waals surface area contributed by atoms with Crippen LogP contribution in [0.15, 0.2) is 18.2 Å². The smallest absolute Gasteiger partial charge is 0.143 e. The summed E-state index contributed by atoms with van der Waals surface area (Å²) in [4.78, 5) is 11.7. The SMILES string of the molecule is CC1(C)C(=O)CCc2ccc(O)cc21. The van der Waals surface area contributed by atoms with Crippen LogP contribution >= 0.6 is 0 Å². The lowest BCUT2D eigenvalue weighted by molar-refractivity contribution is -0.124. The van der Waals surface area contributed by atoms with Crippen LogP contribution in [0.25, 0.3) is 0 Å². The minimum Gasteiger partial charge on any atom is -0.508 e. The number of Topliss-reactive ketones (excluding diaryl/α,β-unsaturated/α-hetero) is 1. The second-order valence-electron chi connectivity index (χ2n) is 4.39. The number of benzene rings is 1. The third-order valence-electron chi connectivity index (χ3n) is 3.09. The van der Waals surface area contributed by atoms with Gasteiger partial charge in [-0.2, -0.15) is 0 Å². The quantitative estimate of drug-likeness (QED) is 0.680. The first-order valence-electron chi connectivity index (χ1n) is 4.87. The lowest BCUT2D eigenvalue weighted by atomic mass is 9.72. The lowest BCUT2D eigenvalue weighted by Gasteiger charge is -2.30. The maximum atomic E-state index is 11.7. The Morgan fingerprint density at radius 1 is 1.29 bits per heavy atom. The number of phenolic OH excluding ortho intramolecular Hbond substituents is 1. The summed E-state index contributed by atoms with van der Waals surface area (Å²) in [6, 6.07) is 5.32. The summed E-state index contributed by atoms with van der Waals surface area (Å²) in [5.74, 6) is 0.502. The van der Waals surface area contributed by atoms with Gasteiger partial charge in [0.05, 0.1) is 0 Å². The molecule has 2 rings (SSSR count). The summed E-state index contributed by atoms with van der Waals surface area (Å²) >= 11 is 0. The van der Waals surface area contributed by atoms with Gasteiger partial charge in [0.15, 0.2) is 0 Å². The lowest BCUT2D eigenvalue weighted by Crippen LogP contribution is -2.34. The number of phenols is 1. The van der Waals surface area contributed by atoms with Crippen LogP contribution in [0.4, 0.5) is 0 Å². The van der Waals surface area contributed by atoms with Crippen molar-refractivity contribution in [3.05, 3.63) is 29.3 Å². The molecule has 1 aromatic rings. The van der Waals surface area contributed by atoms with E-state index in [0.717, 1.165) is 12.0 Å². The van der Waals surface area contributed by atoms with Crippen LogP contribution in [-0.2, 0) is 16.6 Å². The predicted octanol–water partition coefficient (Wildman–Crippen LogP) is 2.19. The maximum Gasteiger partial charge on any atom is 0.143 e. The number of carbonyl (C=O) groups excluding carboxylic acids is 1. The van der Waals surface area contributed by atoms with E-state index >= 15 is 0 Å². The highest BCUT2D eigenvalue weighted by molar-refractivity contribution is 5.91. The van der Waals surface area contributed by atoms with Gasteiger partial charge in [-0.05, 0) is 43.5 Å². The fourth-order valence-corrected chi connectivity index (χ4v) is 2.08. The van der Waals surface area contributed by atoms with E-state index in [4.69, 9.17) is 0 Å². The first-order valence-corrected chi connectivity index (χ1v) is 4.87. The highest BCUT2D eigenvalue weighted by atomic mass is 16.3. The number of rotatable bonds is 0. The second kappa shape index (κ2) is 2.84. The Morgan fingerprint density at radius 2 is 2.00 bits per heavy atom. The van der Waals surface area contributed by atoms with Gasteiger partial charge in [0.25, 0.3) is 0 Å². The molecule has 0 atom stereocenters. The molecule has 0 aromatic heterocycles. The number of carbonyl (C=O) groups is 1. The molecular formula is C12H14O2. The molecule has 0 heterocycles. The van der Waals surface area contributed by atoms with Crippen LogP contribution in [0.2, 0.25) is 0 Å². The summed E-state index contributed by atoms with van der Waals surface area (Å²) < 4.78 is 0. The normalized spacial score (nSPS) is 19.1. The molecule has 0 radical (unpaired) electrons. The van der Waals surface area contributed by atoms with Crippen molar-refractivity contribution >= 4 is 5.78 Å². The van der Waals surface area contributed by atoms with E-state index in [9.17, 15) is 9.90 Å². The summed E-state index contributed by atoms with van der Waals surface area (Å²) in [5, 5.41) is 9.40. The molecule has 1 aliphatic carbocycles. The number of aromatic hydroxyl groups is 1. The van der Waals surface area contributed by atoms with Gasteiger partial charge in [-0.25, -0.2) is 0 Å². The van der Waals surface area contributed by atoms with E-state index < -0.39 is 5.41 Å². The molecule has 0 saturated heterocycles. The van der Waals surface area contributed by atoms with Crippen LogP contribution in [0.5, 0.6) is 5.75 Å². The molecule has 1 N–H and O–H groups in total. The Morgan fingerprint density at radius 3 is 2.71 bits per heavy atom. The molecule has 0 spiro atoms. The highest BCUT2D eigenvalue weighted by Crippen LogP contribution is 2.35. The molecule has 1 aromatic carbocycles. The third-order valence-corrected chi connectivity index (χ3v) is 3.09. The van der Waals surface area contributed by atoms with Crippen LogP contribution in [0.3, 0.4) is 0 Å². The number of fused-ring (bicyclic) bond motifs is 1. The Bertz CT molecular complexity index is 391. The zero-order valence-corrected chi connectivity index (χ0v) is 8.50. The van der Waals surface area contributed by atoms with E-state index in [0.29, 0.717) is 6.42 Å². The molecule has 0 amide bonds. The van der Waals surface area contributed by atoms with Crippen molar-refractivity contribution in [2.45, 2.75) is 32.1 Å². The van der Waals surface area contributed by atoms with Crippen molar-refractivity contribution in [2.75, 3.05) is 0 Å². The van der Waals surface area contributed by atoms with Crippen molar-refractivity contribution < 1.29 is 9.90 Å². The second-order valence-corrected chi connectivity index (χ2v) is 4.39. The molecule has 0 bridgehead atoms. The number of hydrogen-bond donors (Lipinski definition) is 1. The van der Waals surface area contributed by atoms with E-state index in [2.05, 4.69) is 0 Å². The highest BCUT2D eigenvalue weighted by Gasteiger charge is 2.34. The van der Waals surface area contributed by atoms with Gasteiger partial charge in [-0.15, -0.1) is 0 Å². The fourth-order valence-electron chi connectivity index (χ4n) is 2.08. The van der Waals surface area contributed by atoms with Crippen molar-refractivity contribution in [1.29, 1.82) is 0 Å². The number of hydrogen-bond acceptors (Lipinski definition) is 2. The Labute approximate surface area is 83.6 Å². The van der Waals surface area contributed by atoms with Crippen molar-refractivity contribution in [3.63, 3.8) is 0 Å². The Balaban J connectivity index is 2.61.